The fourth-order valence-corrected chi connectivity index (χ4v) is 5.42. The van der Waals surface area contributed by atoms with Crippen molar-refractivity contribution in [1.82, 2.24) is 0 Å². The molecular weight excluding hydrogens is 337 g/mol. The molecule has 0 spiro atoms. The van der Waals surface area contributed by atoms with Gasteiger partial charge in [-0.25, -0.2) is 0 Å². The van der Waals surface area contributed by atoms with Gasteiger partial charge in [0.15, 0.2) is 0 Å². The molecule has 2 heterocycles. The first-order chi connectivity index (χ1) is 10.7. The molecule has 7 heteroatoms. The molecule has 2 bridgehead atoms. The average molecular weight is 348 g/mol. The van der Waals surface area contributed by atoms with E-state index in [4.69, 9.17) is 0 Å². The van der Waals surface area contributed by atoms with Gasteiger partial charge in [-0.1, -0.05) is 24.3 Å². The van der Waals surface area contributed by atoms with Gasteiger partial charge in [0.25, 0.3) is 0 Å². The summed E-state index contributed by atoms with van der Waals surface area (Å²) in [5.41, 5.74) is -2.50. The van der Waals surface area contributed by atoms with Crippen molar-refractivity contribution in [2.24, 2.45) is 0 Å². The van der Waals surface area contributed by atoms with Gasteiger partial charge < -0.3 is 0 Å². The zero-order valence-electron chi connectivity index (χ0n) is 11.7. The zero-order valence-corrected chi connectivity index (χ0v) is 12.6. The Labute approximate surface area is 129 Å². The molecule has 0 aromatic heterocycles. The van der Waals surface area contributed by atoms with Crippen LogP contribution in [0.5, 0.6) is 0 Å². The van der Waals surface area contributed by atoms with Gasteiger partial charge in [0, 0.05) is 0 Å². The van der Waals surface area contributed by atoms with Crippen LogP contribution in [0.1, 0.15) is 24.0 Å². The zero-order chi connectivity index (χ0) is 16.8. The topological polar surface area (TPSA) is 0 Å². The highest BCUT2D eigenvalue weighted by molar-refractivity contribution is 7.74. The minimum absolute atomic E-state index is 0.112. The van der Waals surface area contributed by atoms with Crippen LogP contribution in [0.4, 0.5) is 26.3 Å². The second-order valence-corrected chi connectivity index (χ2v) is 7.64. The van der Waals surface area contributed by atoms with Gasteiger partial charge in [0.1, 0.15) is 0 Å². The maximum absolute atomic E-state index is 13.0. The predicted molar refractivity (Wildman–Crippen MR) is 77.5 cm³/mol. The molecule has 0 amide bonds. The summed E-state index contributed by atoms with van der Waals surface area (Å²) in [6, 6.07) is 1.90. The molecule has 0 radical (unpaired) electrons. The molecular formula is C16H11F6P. The summed E-state index contributed by atoms with van der Waals surface area (Å²) in [4.78, 5) is 0. The van der Waals surface area contributed by atoms with Gasteiger partial charge in [-0.2, -0.15) is 26.3 Å². The number of hydrogen-bond acceptors (Lipinski definition) is 0. The first-order valence-electron chi connectivity index (χ1n) is 6.82. The first kappa shape index (κ1) is 16.3. The fraction of sp³-hybridized carbons (Fsp3) is 0.250. The normalized spacial score (nSPS) is 18.7. The molecule has 2 aliphatic rings. The van der Waals surface area contributed by atoms with Crippen LogP contribution in [0.2, 0.25) is 0 Å². The van der Waals surface area contributed by atoms with E-state index in [-0.39, 0.29) is 11.4 Å². The van der Waals surface area contributed by atoms with Crippen molar-refractivity contribution >= 4 is 13.2 Å². The Morgan fingerprint density at radius 3 is 1.52 bits per heavy atom. The Hall–Kier alpha value is -1.55. The molecule has 1 aromatic carbocycles. The number of alkyl halides is 6. The third kappa shape index (κ3) is 3.23. The third-order valence-electron chi connectivity index (χ3n) is 3.73. The van der Waals surface area contributed by atoms with Crippen LogP contribution < -0.4 is 5.30 Å². The van der Waals surface area contributed by atoms with Gasteiger partial charge in [-0.05, 0) is 54.9 Å². The summed E-state index contributed by atoms with van der Waals surface area (Å²) in [7, 11) is -1.27. The van der Waals surface area contributed by atoms with E-state index >= 15 is 0 Å². The quantitative estimate of drug-likeness (QED) is 0.434. The Kier molecular flexibility index (Phi) is 3.91. The van der Waals surface area contributed by atoms with Gasteiger partial charge in [-0.3, -0.25) is 0 Å². The molecule has 0 atom stereocenters. The van der Waals surface area contributed by atoms with Crippen LogP contribution in [-0.4, -0.2) is 0 Å². The lowest BCUT2D eigenvalue weighted by molar-refractivity contribution is -0.142. The van der Waals surface area contributed by atoms with E-state index in [0.29, 0.717) is 12.8 Å². The van der Waals surface area contributed by atoms with Gasteiger partial charge in [0.05, 0.1) is 11.1 Å². The van der Waals surface area contributed by atoms with E-state index in [1.807, 2.05) is 0 Å². The average Bonchev–Trinajstić information content (AvgIpc) is 2.69. The van der Waals surface area contributed by atoms with Crippen LogP contribution in [0.3, 0.4) is 0 Å². The Bertz CT molecular complexity index is 665. The van der Waals surface area contributed by atoms with Crippen LogP contribution in [0.25, 0.3) is 0 Å². The van der Waals surface area contributed by atoms with Crippen molar-refractivity contribution in [3.8, 4) is 0 Å². The van der Waals surface area contributed by atoms with Crippen LogP contribution >= 0.6 is 7.92 Å². The number of fused-ring (bicyclic) bond motifs is 2. The van der Waals surface area contributed by atoms with Crippen LogP contribution in [0.15, 0.2) is 53.1 Å². The van der Waals surface area contributed by atoms with E-state index in [9.17, 15) is 26.3 Å². The Morgan fingerprint density at radius 1 is 0.696 bits per heavy atom. The predicted octanol–water partition coefficient (Wildman–Crippen LogP) is 5.96. The number of halogens is 6. The highest BCUT2D eigenvalue weighted by atomic mass is 31.1. The van der Waals surface area contributed by atoms with E-state index in [0.717, 1.165) is 22.8 Å². The molecule has 122 valence electrons. The summed E-state index contributed by atoms with van der Waals surface area (Å²) in [6.07, 6.45) is -1.11. The Balaban J connectivity index is 2.16. The standard InChI is InChI=1S/C16H11F6P/c17-15(18,19)10-7-11(16(20,21)22)9-14(8-10)23-12-3-1-2-4-13(23)6-5-12/h1-4,7-9H,5-6H2. The summed E-state index contributed by atoms with van der Waals surface area (Å²) in [5.74, 6) is 0. The third-order valence-corrected chi connectivity index (χ3v) is 6.40. The second kappa shape index (κ2) is 5.52. The maximum atomic E-state index is 13.0. The highest BCUT2D eigenvalue weighted by Gasteiger charge is 2.38. The molecule has 1 fully saturated rings. The monoisotopic (exact) mass is 348 g/mol. The summed E-state index contributed by atoms with van der Waals surface area (Å²) in [6.45, 7) is 0. The summed E-state index contributed by atoms with van der Waals surface area (Å²) >= 11 is 0. The molecule has 0 aliphatic carbocycles. The maximum Gasteiger partial charge on any atom is 0.416 e. The molecule has 1 saturated heterocycles. The molecule has 2 aliphatic heterocycles. The number of rotatable bonds is 1. The molecule has 23 heavy (non-hydrogen) atoms. The molecule has 0 saturated carbocycles. The molecule has 3 rings (SSSR count). The lowest BCUT2D eigenvalue weighted by Gasteiger charge is -2.19. The number of hydrogen-bond donors (Lipinski definition) is 0. The lowest BCUT2D eigenvalue weighted by atomic mass is 10.1. The first-order valence-corrected chi connectivity index (χ1v) is 8.16. The SMILES string of the molecule is FC(F)(F)c1cc(P2C3=CC=CC=C2CC3)cc(C(F)(F)F)c1. The van der Waals surface area contributed by atoms with Crippen molar-refractivity contribution in [2.45, 2.75) is 25.2 Å². The lowest BCUT2D eigenvalue weighted by Crippen LogP contribution is -2.16. The van der Waals surface area contributed by atoms with Crippen molar-refractivity contribution in [3.05, 3.63) is 64.3 Å². The van der Waals surface area contributed by atoms with E-state index in [1.54, 1.807) is 24.3 Å². The summed E-state index contributed by atoms with van der Waals surface area (Å²) in [5, 5.41) is 1.93. The highest BCUT2D eigenvalue weighted by Crippen LogP contribution is 2.61. The van der Waals surface area contributed by atoms with Crippen molar-refractivity contribution in [1.29, 1.82) is 0 Å². The minimum atomic E-state index is -4.81. The smallest absolute Gasteiger partial charge is 0.166 e. The molecule has 0 nitrogen and oxygen atoms in total. The second-order valence-electron chi connectivity index (χ2n) is 5.30. The van der Waals surface area contributed by atoms with Crippen molar-refractivity contribution in [3.63, 3.8) is 0 Å². The molecule has 1 aromatic rings. The van der Waals surface area contributed by atoms with Crippen LogP contribution in [0, 0.1) is 0 Å². The molecule has 0 N–H and O–H groups in total. The van der Waals surface area contributed by atoms with Crippen LogP contribution in [-0.2, 0) is 12.4 Å². The summed E-state index contributed by atoms with van der Waals surface area (Å²) < 4.78 is 78.0. The van der Waals surface area contributed by atoms with Gasteiger partial charge in [-0.15, -0.1) is 0 Å². The number of benzene rings is 1. The number of allylic oxidation sites excluding steroid dienone is 6. The molecule has 0 unspecified atom stereocenters. The fourth-order valence-electron chi connectivity index (χ4n) is 2.71. The van der Waals surface area contributed by atoms with E-state index in [2.05, 4.69) is 0 Å². The van der Waals surface area contributed by atoms with E-state index < -0.39 is 31.4 Å². The largest absolute Gasteiger partial charge is 0.416 e. The Morgan fingerprint density at radius 2 is 1.13 bits per heavy atom. The van der Waals surface area contributed by atoms with Gasteiger partial charge in [0.2, 0.25) is 0 Å². The van der Waals surface area contributed by atoms with Crippen molar-refractivity contribution in [2.75, 3.05) is 0 Å². The minimum Gasteiger partial charge on any atom is -0.166 e. The van der Waals surface area contributed by atoms with Gasteiger partial charge >= 0.3 is 12.4 Å². The van der Waals surface area contributed by atoms with Crippen molar-refractivity contribution < 1.29 is 26.3 Å². The van der Waals surface area contributed by atoms with E-state index in [1.165, 1.54) is 0 Å².